The first-order valence-electron chi connectivity index (χ1n) is 11.9. The number of halogens is 2. The number of H-pyrrole nitrogens is 1. The Morgan fingerprint density at radius 2 is 1.86 bits per heavy atom. The van der Waals surface area contributed by atoms with E-state index < -0.39 is 29.6 Å². The molecule has 0 bridgehead atoms. The Morgan fingerprint density at radius 1 is 1.11 bits per heavy atom. The summed E-state index contributed by atoms with van der Waals surface area (Å²) in [5, 5.41) is 14.7. The first-order valence-corrected chi connectivity index (χ1v) is 11.9. The molecule has 3 aromatic rings. The zero-order valence-electron chi connectivity index (χ0n) is 20.7. The number of carboxylic acid groups (broad SMARTS) is 1. The maximum atomic E-state index is 13.7. The third kappa shape index (κ3) is 5.30. The molecule has 0 fully saturated rings. The van der Waals surface area contributed by atoms with E-state index in [9.17, 15) is 23.2 Å². The number of carbonyl (C=O) groups excluding carboxylic acids is 2. The standard InChI is InChI=1S/C28H27F2N3O4/c1-4-23(16-5-8-21(29)22(30)12-16)32-27(36)17-6-9-24-19(11-17)20(28(37)33-24)13-25-14(2)18(15(3)31-25)7-10-26(34)35/h5-6,8-9,11-13,23,31H,4,7,10H2,1-3H3,(H,32,36)(H,33,37)(H,34,35). The van der Waals surface area contributed by atoms with Gasteiger partial charge >= 0.3 is 5.97 Å². The van der Waals surface area contributed by atoms with Crippen molar-refractivity contribution in [3.8, 4) is 0 Å². The monoisotopic (exact) mass is 507 g/mol. The van der Waals surface area contributed by atoms with E-state index in [1.54, 1.807) is 24.3 Å². The Hall–Kier alpha value is -4.27. The average molecular weight is 508 g/mol. The van der Waals surface area contributed by atoms with Gasteiger partial charge in [0.1, 0.15) is 0 Å². The van der Waals surface area contributed by atoms with Crippen molar-refractivity contribution in [2.24, 2.45) is 0 Å². The minimum Gasteiger partial charge on any atom is -0.481 e. The summed E-state index contributed by atoms with van der Waals surface area (Å²) < 4.78 is 27.1. The number of carboxylic acids is 1. The number of aryl methyl sites for hydroxylation is 1. The van der Waals surface area contributed by atoms with E-state index in [0.717, 1.165) is 29.0 Å². The van der Waals surface area contributed by atoms with Gasteiger partial charge in [-0.25, -0.2) is 8.78 Å². The quantitative estimate of drug-likeness (QED) is 0.310. The molecule has 0 radical (unpaired) electrons. The van der Waals surface area contributed by atoms with Crippen molar-refractivity contribution >= 4 is 35.1 Å². The fourth-order valence-corrected chi connectivity index (χ4v) is 4.58. The third-order valence-electron chi connectivity index (χ3n) is 6.63. The van der Waals surface area contributed by atoms with E-state index in [-0.39, 0.29) is 12.3 Å². The molecule has 0 saturated heterocycles. The summed E-state index contributed by atoms with van der Waals surface area (Å²) in [5.74, 6) is -3.56. The van der Waals surface area contributed by atoms with Crippen LogP contribution >= 0.6 is 0 Å². The van der Waals surface area contributed by atoms with Crippen molar-refractivity contribution in [3.05, 3.63) is 87.2 Å². The van der Waals surface area contributed by atoms with Crippen LogP contribution in [0.5, 0.6) is 0 Å². The van der Waals surface area contributed by atoms with Gasteiger partial charge in [-0.2, -0.15) is 0 Å². The number of hydrogen-bond donors (Lipinski definition) is 4. The number of aromatic amines is 1. The number of amides is 2. The minimum atomic E-state index is -0.983. The van der Waals surface area contributed by atoms with E-state index in [2.05, 4.69) is 15.6 Å². The SMILES string of the molecule is CCC(NC(=O)c1ccc2c(c1)C(=Cc1[nH]c(C)c(CCC(=O)O)c1C)C(=O)N2)c1ccc(F)c(F)c1. The Morgan fingerprint density at radius 3 is 2.54 bits per heavy atom. The predicted molar refractivity (Wildman–Crippen MR) is 136 cm³/mol. The highest BCUT2D eigenvalue weighted by molar-refractivity contribution is 6.35. The van der Waals surface area contributed by atoms with Crippen LogP contribution in [0.15, 0.2) is 36.4 Å². The summed E-state index contributed by atoms with van der Waals surface area (Å²) in [6, 6.07) is 7.85. The van der Waals surface area contributed by atoms with Crippen molar-refractivity contribution in [1.82, 2.24) is 10.3 Å². The van der Waals surface area contributed by atoms with E-state index in [1.807, 2.05) is 20.8 Å². The summed E-state index contributed by atoms with van der Waals surface area (Å²) in [4.78, 5) is 40.1. The molecular formula is C28H27F2N3O4. The zero-order chi connectivity index (χ0) is 26.9. The number of benzene rings is 2. The maximum Gasteiger partial charge on any atom is 0.303 e. The van der Waals surface area contributed by atoms with Crippen LogP contribution in [0.3, 0.4) is 0 Å². The zero-order valence-corrected chi connectivity index (χ0v) is 20.7. The molecule has 1 atom stereocenters. The molecule has 2 aromatic carbocycles. The maximum absolute atomic E-state index is 13.7. The number of aliphatic carboxylic acids is 1. The van der Waals surface area contributed by atoms with E-state index in [1.165, 1.54) is 6.07 Å². The lowest BCUT2D eigenvalue weighted by Crippen LogP contribution is -2.28. The van der Waals surface area contributed by atoms with Gasteiger partial charge in [0, 0.05) is 34.6 Å². The van der Waals surface area contributed by atoms with Gasteiger partial charge in [-0.1, -0.05) is 13.0 Å². The third-order valence-corrected chi connectivity index (χ3v) is 6.63. The van der Waals surface area contributed by atoms with Crippen LogP contribution in [-0.2, 0) is 16.0 Å². The van der Waals surface area contributed by atoms with Crippen LogP contribution in [0, 0.1) is 25.5 Å². The van der Waals surface area contributed by atoms with Gasteiger partial charge in [-0.3, -0.25) is 14.4 Å². The fourth-order valence-electron chi connectivity index (χ4n) is 4.58. The second-order valence-corrected chi connectivity index (χ2v) is 9.04. The number of nitrogens with one attached hydrogen (secondary N) is 3. The molecule has 2 amide bonds. The average Bonchev–Trinajstić information content (AvgIpc) is 3.31. The molecule has 1 unspecified atom stereocenters. The summed E-state index contributed by atoms with van der Waals surface area (Å²) in [6.07, 6.45) is 2.53. The van der Waals surface area contributed by atoms with E-state index in [0.29, 0.717) is 46.5 Å². The molecule has 2 heterocycles. The number of rotatable bonds is 8. The second kappa shape index (κ2) is 10.4. The van der Waals surface area contributed by atoms with Crippen LogP contribution in [0.4, 0.5) is 14.5 Å². The first kappa shape index (κ1) is 25.8. The van der Waals surface area contributed by atoms with E-state index >= 15 is 0 Å². The molecule has 0 aliphatic carbocycles. The molecule has 7 nitrogen and oxygen atoms in total. The summed E-state index contributed by atoms with van der Waals surface area (Å²) >= 11 is 0. The van der Waals surface area contributed by atoms with Gasteiger partial charge in [0.05, 0.1) is 11.6 Å². The van der Waals surface area contributed by atoms with E-state index in [4.69, 9.17) is 5.11 Å². The Labute approximate surface area is 212 Å². The highest BCUT2D eigenvalue weighted by Gasteiger charge is 2.27. The Kier molecular flexibility index (Phi) is 7.24. The number of carbonyl (C=O) groups is 3. The minimum absolute atomic E-state index is 0.000648. The van der Waals surface area contributed by atoms with Gasteiger partial charge in [0.25, 0.3) is 11.8 Å². The van der Waals surface area contributed by atoms with Gasteiger partial charge in [-0.05, 0) is 79.8 Å². The molecule has 4 N–H and O–H groups in total. The molecule has 0 saturated carbocycles. The van der Waals surface area contributed by atoms with Crippen molar-refractivity contribution in [3.63, 3.8) is 0 Å². The lowest BCUT2D eigenvalue weighted by atomic mass is 10.00. The topological polar surface area (TPSA) is 111 Å². The van der Waals surface area contributed by atoms with Gasteiger partial charge in [-0.15, -0.1) is 0 Å². The van der Waals surface area contributed by atoms with Crippen LogP contribution < -0.4 is 10.6 Å². The second-order valence-electron chi connectivity index (χ2n) is 9.04. The van der Waals surface area contributed by atoms with Gasteiger partial charge in [0.2, 0.25) is 0 Å². The lowest BCUT2D eigenvalue weighted by Gasteiger charge is -2.18. The molecule has 0 spiro atoms. The van der Waals surface area contributed by atoms with Crippen molar-refractivity contribution < 1.29 is 28.3 Å². The summed E-state index contributed by atoms with van der Waals surface area (Å²) in [5.41, 5.74) is 5.52. The normalized spacial score (nSPS) is 14.4. The summed E-state index contributed by atoms with van der Waals surface area (Å²) in [7, 11) is 0. The van der Waals surface area contributed by atoms with Crippen molar-refractivity contribution in [2.45, 2.75) is 46.1 Å². The van der Waals surface area contributed by atoms with Gasteiger partial charge in [0.15, 0.2) is 11.6 Å². The highest BCUT2D eigenvalue weighted by Crippen LogP contribution is 2.35. The molecule has 9 heteroatoms. The molecule has 1 aromatic heterocycles. The molecular weight excluding hydrogens is 480 g/mol. The summed E-state index contributed by atoms with van der Waals surface area (Å²) in [6.45, 7) is 5.55. The first-order chi connectivity index (χ1) is 17.6. The van der Waals surface area contributed by atoms with Crippen LogP contribution in [0.1, 0.15) is 69.8 Å². The Bertz CT molecular complexity index is 1440. The van der Waals surface area contributed by atoms with Crippen LogP contribution in [0.2, 0.25) is 0 Å². The number of aromatic nitrogens is 1. The number of hydrogen-bond acceptors (Lipinski definition) is 3. The highest BCUT2D eigenvalue weighted by atomic mass is 19.2. The Balaban J connectivity index is 1.62. The predicted octanol–water partition coefficient (Wildman–Crippen LogP) is 5.30. The number of anilines is 1. The van der Waals surface area contributed by atoms with Gasteiger partial charge < -0.3 is 20.7 Å². The largest absolute Gasteiger partial charge is 0.481 e. The molecule has 1 aliphatic rings. The van der Waals surface area contributed by atoms with Crippen molar-refractivity contribution in [1.29, 1.82) is 0 Å². The van der Waals surface area contributed by atoms with Crippen LogP contribution in [-0.4, -0.2) is 27.9 Å². The molecule has 4 rings (SSSR count). The fraction of sp³-hybridized carbons (Fsp3) is 0.250. The molecule has 37 heavy (non-hydrogen) atoms. The lowest BCUT2D eigenvalue weighted by molar-refractivity contribution is -0.137. The molecule has 1 aliphatic heterocycles. The molecule has 192 valence electrons. The smallest absolute Gasteiger partial charge is 0.303 e. The van der Waals surface area contributed by atoms with Crippen molar-refractivity contribution in [2.75, 3.05) is 5.32 Å². The van der Waals surface area contributed by atoms with Crippen LogP contribution in [0.25, 0.3) is 11.6 Å². The number of fused-ring (bicyclic) bond motifs is 1.